The first-order valence-electron chi connectivity index (χ1n) is 7.15. The normalized spacial score (nSPS) is 16.5. The highest BCUT2D eigenvalue weighted by atomic mass is 35.5. The lowest BCUT2D eigenvalue weighted by Gasteiger charge is -2.36. The molecule has 0 spiro atoms. The Labute approximate surface area is 140 Å². The number of nitrogens with zero attached hydrogens (tertiary/aromatic N) is 2. The van der Waals surface area contributed by atoms with Crippen molar-refractivity contribution in [3.8, 4) is 6.07 Å². The minimum atomic E-state index is 0. The molecule has 2 rings (SSSR count). The first-order chi connectivity index (χ1) is 9.20. The Bertz CT molecular complexity index is 434. The fourth-order valence-electron chi connectivity index (χ4n) is 2.72. The van der Waals surface area contributed by atoms with E-state index in [0.717, 1.165) is 31.7 Å². The molecular weight excluding hydrogens is 305 g/mol. The summed E-state index contributed by atoms with van der Waals surface area (Å²) in [6, 6.07) is 10.8. The quantitative estimate of drug-likeness (QED) is 0.920. The molecule has 1 aromatic rings. The van der Waals surface area contributed by atoms with Crippen molar-refractivity contribution in [1.29, 1.82) is 5.26 Å². The predicted molar refractivity (Wildman–Crippen MR) is 92.3 cm³/mol. The molecule has 1 N–H and O–H groups in total. The number of halogens is 2. The minimum Gasteiger partial charge on any atom is -0.314 e. The molecular formula is C16H25Cl2N3. The Morgan fingerprint density at radius 3 is 2.19 bits per heavy atom. The van der Waals surface area contributed by atoms with Crippen LogP contribution in [0.15, 0.2) is 24.3 Å². The standard InChI is InChI=1S/C16H23N3.2ClH/c1-13(2)11-16(19-9-7-18-8-10-19)15-5-3-14(12-17)4-6-15;;/h3-6,13,16,18H,7-11H2,1-2H3;2*1H/t16-;;/m0../s1. The van der Waals surface area contributed by atoms with Crippen LogP contribution < -0.4 is 5.32 Å². The van der Waals surface area contributed by atoms with Crippen LogP contribution in [0.3, 0.4) is 0 Å². The van der Waals surface area contributed by atoms with E-state index >= 15 is 0 Å². The van der Waals surface area contributed by atoms with Crippen LogP contribution in [-0.2, 0) is 0 Å². The van der Waals surface area contributed by atoms with Crippen molar-refractivity contribution in [2.24, 2.45) is 5.92 Å². The van der Waals surface area contributed by atoms with Gasteiger partial charge in [0.1, 0.15) is 0 Å². The Kier molecular flexibility index (Phi) is 9.65. The second-order valence-electron chi connectivity index (χ2n) is 5.67. The summed E-state index contributed by atoms with van der Waals surface area (Å²) in [5, 5.41) is 12.3. The molecule has 1 aliphatic rings. The van der Waals surface area contributed by atoms with Crippen LogP contribution >= 0.6 is 24.8 Å². The second-order valence-corrected chi connectivity index (χ2v) is 5.67. The molecule has 118 valence electrons. The highest BCUT2D eigenvalue weighted by molar-refractivity contribution is 5.85. The molecule has 0 bridgehead atoms. The van der Waals surface area contributed by atoms with Gasteiger partial charge in [0, 0.05) is 32.2 Å². The van der Waals surface area contributed by atoms with Gasteiger partial charge >= 0.3 is 0 Å². The number of nitriles is 1. The number of benzene rings is 1. The van der Waals surface area contributed by atoms with Gasteiger partial charge in [0.25, 0.3) is 0 Å². The molecule has 1 fully saturated rings. The highest BCUT2D eigenvalue weighted by Gasteiger charge is 2.22. The smallest absolute Gasteiger partial charge is 0.0991 e. The molecule has 1 atom stereocenters. The van der Waals surface area contributed by atoms with Crippen molar-refractivity contribution in [3.63, 3.8) is 0 Å². The third-order valence-electron chi connectivity index (χ3n) is 3.71. The molecule has 0 radical (unpaired) electrons. The molecule has 1 aromatic carbocycles. The van der Waals surface area contributed by atoms with E-state index in [1.165, 1.54) is 12.0 Å². The van der Waals surface area contributed by atoms with Gasteiger partial charge in [0.2, 0.25) is 0 Å². The largest absolute Gasteiger partial charge is 0.314 e. The lowest BCUT2D eigenvalue weighted by Crippen LogP contribution is -2.45. The number of hydrogen-bond acceptors (Lipinski definition) is 3. The fraction of sp³-hybridized carbons (Fsp3) is 0.562. The number of piperazine rings is 1. The predicted octanol–water partition coefficient (Wildman–Crippen LogP) is 3.39. The van der Waals surface area contributed by atoms with Gasteiger partial charge in [0.05, 0.1) is 11.6 Å². The van der Waals surface area contributed by atoms with Gasteiger partial charge in [-0.05, 0) is 30.0 Å². The molecule has 0 saturated carbocycles. The van der Waals surface area contributed by atoms with E-state index in [2.05, 4.69) is 42.3 Å². The molecule has 1 aliphatic heterocycles. The number of nitrogens with one attached hydrogen (secondary N) is 1. The molecule has 5 heteroatoms. The summed E-state index contributed by atoms with van der Waals surface area (Å²) in [5.74, 6) is 0.676. The van der Waals surface area contributed by atoms with Crippen molar-refractivity contribution in [2.45, 2.75) is 26.3 Å². The van der Waals surface area contributed by atoms with Crippen molar-refractivity contribution in [1.82, 2.24) is 10.2 Å². The monoisotopic (exact) mass is 329 g/mol. The van der Waals surface area contributed by atoms with Crippen LogP contribution in [0.4, 0.5) is 0 Å². The second kappa shape index (κ2) is 10.0. The van der Waals surface area contributed by atoms with E-state index in [9.17, 15) is 0 Å². The van der Waals surface area contributed by atoms with Crippen molar-refractivity contribution in [3.05, 3.63) is 35.4 Å². The van der Waals surface area contributed by atoms with E-state index in [0.29, 0.717) is 12.0 Å². The zero-order valence-electron chi connectivity index (χ0n) is 12.7. The van der Waals surface area contributed by atoms with Crippen LogP contribution in [0.2, 0.25) is 0 Å². The van der Waals surface area contributed by atoms with Crippen LogP contribution in [0.5, 0.6) is 0 Å². The maximum Gasteiger partial charge on any atom is 0.0991 e. The van der Waals surface area contributed by atoms with E-state index < -0.39 is 0 Å². The fourth-order valence-corrected chi connectivity index (χ4v) is 2.72. The SMILES string of the molecule is CC(C)C[C@@H](c1ccc(C#N)cc1)N1CCNCC1.Cl.Cl. The number of rotatable bonds is 4. The molecule has 3 nitrogen and oxygen atoms in total. The topological polar surface area (TPSA) is 39.1 Å². The van der Waals surface area contributed by atoms with E-state index in [-0.39, 0.29) is 24.8 Å². The van der Waals surface area contributed by atoms with E-state index in [1.807, 2.05) is 12.1 Å². The van der Waals surface area contributed by atoms with E-state index in [4.69, 9.17) is 5.26 Å². The van der Waals surface area contributed by atoms with Crippen LogP contribution in [-0.4, -0.2) is 31.1 Å². The summed E-state index contributed by atoms with van der Waals surface area (Å²) >= 11 is 0. The summed E-state index contributed by atoms with van der Waals surface area (Å²) in [4.78, 5) is 2.57. The lowest BCUT2D eigenvalue weighted by molar-refractivity contribution is 0.154. The number of hydrogen-bond donors (Lipinski definition) is 1. The summed E-state index contributed by atoms with van der Waals surface area (Å²) in [6.07, 6.45) is 1.17. The van der Waals surface area contributed by atoms with Gasteiger partial charge < -0.3 is 5.32 Å². The third-order valence-corrected chi connectivity index (χ3v) is 3.71. The van der Waals surface area contributed by atoms with Crippen molar-refractivity contribution >= 4 is 24.8 Å². The van der Waals surface area contributed by atoms with Gasteiger partial charge in [-0.3, -0.25) is 4.90 Å². The van der Waals surface area contributed by atoms with Gasteiger partial charge in [-0.25, -0.2) is 0 Å². The average Bonchev–Trinajstić information content (AvgIpc) is 2.46. The van der Waals surface area contributed by atoms with Gasteiger partial charge in [0.15, 0.2) is 0 Å². The van der Waals surface area contributed by atoms with Crippen LogP contribution in [0, 0.1) is 17.2 Å². The molecule has 1 heterocycles. The molecule has 21 heavy (non-hydrogen) atoms. The first kappa shape index (κ1) is 20.2. The highest BCUT2D eigenvalue weighted by Crippen LogP contribution is 2.28. The average molecular weight is 330 g/mol. The Morgan fingerprint density at radius 2 is 1.71 bits per heavy atom. The summed E-state index contributed by atoms with van der Waals surface area (Å²) in [5.41, 5.74) is 2.09. The zero-order chi connectivity index (χ0) is 13.7. The zero-order valence-corrected chi connectivity index (χ0v) is 14.3. The molecule has 0 unspecified atom stereocenters. The maximum absolute atomic E-state index is 8.89. The van der Waals surface area contributed by atoms with Crippen molar-refractivity contribution in [2.75, 3.05) is 26.2 Å². The van der Waals surface area contributed by atoms with Gasteiger partial charge in [-0.1, -0.05) is 26.0 Å². The first-order valence-corrected chi connectivity index (χ1v) is 7.15. The Morgan fingerprint density at radius 1 is 1.14 bits per heavy atom. The lowest BCUT2D eigenvalue weighted by atomic mass is 9.94. The van der Waals surface area contributed by atoms with Crippen molar-refractivity contribution < 1.29 is 0 Å². The summed E-state index contributed by atoms with van der Waals surface area (Å²) < 4.78 is 0. The molecule has 0 aromatic heterocycles. The molecule has 0 amide bonds. The molecule has 0 aliphatic carbocycles. The van der Waals surface area contributed by atoms with Gasteiger partial charge in [-0.2, -0.15) is 5.26 Å². The minimum absolute atomic E-state index is 0. The third kappa shape index (κ3) is 5.84. The molecule has 1 saturated heterocycles. The Hall–Kier alpha value is -0.790. The van der Waals surface area contributed by atoms with Crippen LogP contribution in [0.25, 0.3) is 0 Å². The summed E-state index contributed by atoms with van der Waals surface area (Å²) in [6.45, 7) is 8.92. The van der Waals surface area contributed by atoms with E-state index in [1.54, 1.807) is 0 Å². The Balaban J connectivity index is 0.00000200. The van der Waals surface area contributed by atoms with Crippen LogP contribution in [0.1, 0.15) is 37.4 Å². The maximum atomic E-state index is 8.89. The summed E-state index contributed by atoms with van der Waals surface area (Å²) in [7, 11) is 0. The van der Waals surface area contributed by atoms with Gasteiger partial charge in [-0.15, -0.1) is 24.8 Å².